The summed E-state index contributed by atoms with van der Waals surface area (Å²) in [5.41, 5.74) is 1.69. The summed E-state index contributed by atoms with van der Waals surface area (Å²) in [5.74, 6) is 0.0635. The third kappa shape index (κ3) is 6.60. The minimum absolute atomic E-state index is 0.0141. The summed E-state index contributed by atoms with van der Waals surface area (Å²) >= 11 is 0. The van der Waals surface area contributed by atoms with Gasteiger partial charge < -0.3 is 14.8 Å². The Morgan fingerprint density at radius 2 is 1.49 bits per heavy atom. The highest BCUT2D eigenvalue weighted by Crippen LogP contribution is 2.35. The third-order valence-corrected chi connectivity index (χ3v) is 8.64. The van der Waals surface area contributed by atoms with Crippen molar-refractivity contribution in [2.45, 2.75) is 29.7 Å². The molecule has 0 spiro atoms. The molecule has 0 saturated carbocycles. The van der Waals surface area contributed by atoms with E-state index in [-0.39, 0.29) is 21.2 Å². The number of amides is 1. The number of methoxy groups -OCH3 is 2. The van der Waals surface area contributed by atoms with Crippen LogP contribution in [0, 0.1) is 6.92 Å². The van der Waals surface area contributed by atoms with Crippen molar-refractivity contribution in [3.63, 3.8) is 0 Å². The first-order valence-electron chi connectivity index (χ1n) is 11.3. The van der Waals surface area contributed by atoms with Gasteiger partial charge in [-0.15, -0.1) is 0 Å². The molecule has 3 aromatic carbocycles. The molecule has 0 aliphatic carbocycles. The zero-order valence-corrected chi connectivity index (χ0v) is 22.9. The molecule has 0 bridgehead atoms. The van der Waals surface area contributed by atoms with E-state index in [1.54, 1.807) is 43.3 Å². The molecule has 11 heteroatoms. The monoisotopic (exact) mass is 546 g/mol. The zero-order chi connectivity index (χ0) is 27.4. The fourth-order valence-electron chi connectivity index (χ4n) is 3.63. The summed E-state index contributed by atoms with van der Waals surface area (Å²) in [6.45, 7) is 3.03. The molecule has 37 heavy (non-hydrogen) atoms. The van der Waals surface area contributed by atoms with Gasteiger partial charge in [-0.05, 0) is 55.8 Å². The van der Waals surface area contributed by atoms with E-state index in [4.69, 9.17) is 9.47 Å². The van der Waals surface area contributed by atoms with Crippen LogP contribution in [0.15, 0.2) is 76.5 Å². The van der Waals surface area contributed by atoms with Crippen LogP contribution < -0.4 is 19.1 Å². The lowest BCUT2D eigenvalue weighted by Gasteiger charge is -2.27. The fraction of sp³-hybridized carbons (Fsp3) is 0.269. The van der Waals surface area contributed by atoms with Crippen molar-refractivity contribution >= 4 is 31.5 Å². The number of ether oxygens (including phenoxy) is 2. The maximum Gasteiger partial charge on any atom is 0.264 e. The van der Waals surface area contributed by atoms with E-state index in [1.165, 1.54) is 44.6 Å². The van der Waals surface area contributed by atoms with Gasteiger partial charge in [0.1, 0.15) is 18.0 Å². The normalized spacial score (nSPS) is 12.5. The van der Waals surface area contributed by atoms with Gasteiger partial charge in [0.05, 0.1) is 35.7 Å². The van der Waals surface area contributed by atoms with E-state index in [9.17, 15) is 21.6 Å². The fourth-order valence-corrected chi connectivity index (χ4v) is 5.69. The number of benzene rings is 3. The molecular weight excluding hydrogens is 516 g/mol. The van der Waals surface area contributed by atoms with Crippen molar-refractivity contribution in [1.29, 1.82) is 0 Å². The largest absolute Gasteiger partial charge is 0.497 e. The van der Waals surface area contributed by atoms with Crippen LogP contribution in [0.1, 0.15) is 24.1 Å². The Kier molecular flexibility index (Phi) is 8.49. The van der Waals surface area contributed by atoms with Crippen molar-refractivity contribution in [3.05, 3.63) is 77.9 Å². The van der Waals surface area contributed by atoms with E-state index in [0.29, 0.717) is 11.3 Å². The predicted octanol–water partition coefficient (Wildman–Crippen LogP) is 3.49. The van der Waals surface area contributed by atoms with Crippen LogP contribution in [0.5, 0.6) is 11.5 Å². The summed E-state index contributed by atoms with van der Waals surface area (Å²) in [7, 11) is -4.67. The highest BCUT2D eigenvalue weighted by atomic mass is 32.2. The molecule has 1 N–H and O–H groups in total. The molecule has 3 aromatic rings. The second-order valence-electron chi connectivity index (χ2n) is 8.49. The number of carbonyl (C=O) groups is 1. The second kappa shape index (κ2) is 11.2. The Labute approximate surface area is 218 Å². The highest BCUT2D eigenvalue weighted by Gasteiger charge is 2.30. The number of sulfonamides is 1. The highest BCUT2D eigenvalue weighted by molar-refractivity contribution is 7.93. The minimum atomic E-state index is -4.18. The van der Waals surface area contributed by atoms with Gasteiger partial charge in [-0.2, -0.15) is 0 Å². The molecule has 1 atom stereocenters. The van der Waals surface area contributed by atoms with Gasteiger partial charge in [0.25, 0.3) is 10.0 Å². The molecule has 198 valence electrons. The maximum absolute atomic E-state index is 13.7. The number of aryl methyl sites for hydroxylation is 1. The molecule has 0 aliphatic heterocycles. The average molecular weight is 547 g/mol. The van der Waals surface area contributed by atoms with E-state index in [0.717, 1.165) is 16.1 Å². The predicted molar refractivity (Wildman–Crippen MR) is 141 cm³/mol. The number of anilines is 1. The summed E-state index contributed by atoms with van der Waals surface area (Å²) in [6.07, 6.45) is 1.11. The van der Waals surface area contributed by atoms with E-state index < -0.39 is 38.4 Å². The summed E-state index contributed by atoms with van der Waals surface area (Å²) < 4.78 is 62.6. The van der Waals surface area contributed by atoms with Crippen molar-refractivity contribution in [3.8, 4) is 11.5 Å². The van der Waals surface area contributed by atoms with Crippen molar-refractivity contribution in [2.75, 3.05) is 31.3 Å². The molecule has 0 fully saturated rings. The number of carbonyl (C=O) groups excluding carboxylic acids is 1. The molecule has 0 radical (unpaired) electrons. The molecular formula is C26H30N2O7S2. The Bertz CT molecular complexity index is 1470. The molecule has 0 aliphatic rings. The average Bonchev–Trinajstić information content (AvgIpc) is 2.86. The van der Waals surface area contributed by atoms with Crippen LogP contribution in [-0.2, 0) is 24.7 Å². The Morgan fingerprint density at radius 3 is 2.03 bits per heavy atom. The first kappa shape index (κ1) is 28.0. The van der Waals surface area contributed by atoms with Crippen LogP contribution in [0.3, 0.4) is 0 Å². The smallest absolute Gasteiger partial charge is 0.264 e. The standard InChI is InChI=1S/C26H30N2O7S2/c1-18-6-11-23(12-7-18)37(32,33)28(24-16-21(34-3)10-15-25(24)35-4)17-26(29)27-19(2)20-8-13-22(14-9-20)36(5,30)31/h6-16,19H,17H2,1-5H3,(H,27,29)/t19-/m1/s1. The van der Waals surface area contributed by atoms with Crippen molar-refractivity contribution in [2.24, 2.45) is 0 Å². The van der Waals surface area contributed by atoms with Gasteiger partial charge in [-0.3, -0.25) is 9.10 Å². The lowest BCUT2D eigenvalue weighted by atomic mass is 10.1. The lowest BCUT2D eigenvalue weighted by molar-refractivity contribution is -0.120. The molecule has 0 heterocycles. The number of rotatable bonds is 10. The van der Waals surface area contributed by atoms with Crippen LogP contribution in [0.4, 0.5) is 5.69 Å². The number of nitrogens with one attached hydrogen (secondary N) is 1. The molecule has 3 rings (SSSR count). The number of nitrogens with zero attached hydrogens (tertiary/aromatic N) is 1. The van der Waals surface area contributed by atoms with Crippen molar-refractivity contribution < 1.29 is 31.1 Å². The molecule has 9 nitrogen and oxygen atoms in total. The molecule has 0 unspecified atom stereocenters. The van der Waals surface area contributed by atoms with Gasteiger partial charge in [-0.25, -0.2) is 16.8 Å². The van der Waals surface area contributed by atoms with Crippen LogP contribution >= 0.6 is 0 Å². The zero-order valence-electron chi connectivity index (χ0n) is 21.3. The van der Waals surface area contributed by atoms with Gasteiger partial charge in [0.15, 0.2) is 9.84 Å². The molecule has 0 aromatic heterocycles. The summed E-state index contributed by atoms with van der Waals surface area (Å²) in [6, 6.07) is 16.6. The Balaban J connectivity index is 1.96. The second-order valence-corrected chi connectivity index (χ2v) is 12.4. The summed E-state index contributed by atoms with van der Waals surface area (Å²) in [4.78, 5) is 13.3. The minimum Gasteiger partial charge on any atom is -0.497 e. The van der Waals surface area contributed by atoms with Crippen LogP contribution in [-0.4, -0.2) is 49.8 Å². The number of hydrogen-bond donors (Lipinski definition) is 1. The Morgan fingerprint density at radius 1 is 0.892 bits per heavy atom. The van der Waals surface area contributed by atoms with Gasteiger partial charge in [0, 0.05) is 12.3 Å². The maximum atomic E-state index is 13.7. The van der Waals surface area contributed by atoms with Gasteiger partial charge >= 0.3 is 0 Å². The number of sulfone groups is 1. The van der Waals surface area contributed by atoms with E-state index >= 15 is 0 Å². The summed E-state index contributed by atoms with van der Waals surface area (Å²) in [5, 5.41) is 2.79. The third-order valence-electron chi connectivity index (χ3n) is 5.74. The Hall–Kier alpha value is -3.57. The topological polar surface area (TPSA) is 119 Å². The molecule has 0 saturated heterocycles. The quantitative estimate of drug-likeness (QED) is 0.413. The first-order chi connectivity index (χ1) is 17.4. The number of hydrogen-bond acceptors (Lipinski definition) is 7. The van der Waals surface area contributed by atoms with Crippen LogP contribution in [0.2, 0.25) is 0 Å². The van der Waals surface area contributed by atoms with E-state index in [1.807, 2.05) is 6.92 Å². The van der Waals surface area contributed by atoms with Crippen LogP contribution in [0.25, 0.3) is 0 Å². The lowest BCUT2D eigenvalue weighted by Crippen LogP contribution is -2.41. The van der Waals surface area contributed by atoms with E-state index in [2.05, 4.69) is 5.32 Å². The SMILES string of the molecule is COc1ccc(OC)c(N(CC(=O)N[C@H](C)c2ccc(S(C)(=O)=O)cc2)S(=O)(=O)c2ccc(C)cc2)c1. The van der Waals surface area contributed by atoms with Crippen molar-refractivity contribution in [1.82, 2.24) is 5.32 Å². The van der Waals surface area contributed by atoms with Gasteiger partial charge in [0.2, 0.25) is 5.91 Å². The first-order valence-corrected chi connectivity index (χ1v) is 14.6. The van der Waals surface area contributed by atoms with Gasteiger partial charge in [-0.1, -0.05) is 29.8 Å². The molecule has 1 amide bonds.